The van der Waals surface area contributed by atoms with E-state index in [1.165, 1.54) is 0 Å². The molecule has 0 aliphatic carbocycles. The molecule has 0 spiro atoms. The number of fused-ring (bicyclic) bond motifs is 5. The molecule has 5 heterocycles. The molecular weight excluding hydrogens is 290 g/mol. The summed E-state index contributed by atoms with van der Waals surface area (Å²) in [6.07, 6.45) is 8.76. The smallest absolute Gasteiger partial charge is 0.158 e. The molecule has 7 heteroatoms. The van der Waals surface area contributed by atoms with Gasteiger partial charge in [0.25, 0.3) is 0 Å². The molecular formula is C16H11N7. The second-order valence-corrected chi connectivity index (χ2v) is 5.21. The zero-order valence-corrected chi connectivity index (χ0v) is 11.9. The maximum atomic E-state index is 4.76. The Bertz CT molecular complexity index is 938. The maximum absolute atomic E-state index is 4.76. The van der Waals surface area contributed by atoms with Gasteiger partial charge in [0.1, 0.15) is 17.2 Å². The fraction of sp³-hybridized carbons (Fsp3) is 0. The molecule has 110 valence electrons. The van der Waals surface area contributed by atoms with Crippen LogP contribution in [0, 0.1) is 0 Å². The van der Waals surface area contributed by atoms with Crippen LogP contribution in [0.4, 0.5) is 11.5 Å². The van der Waals surface area contributed by atoms with Crippen molar-refractivity contribution in [1.82, 2.24) is 29.9 Å². The summed E-state index contributed by atoms with van der Waals surface area (Å²) in [6, 6.07) is 5.86. The summed E-state index contributed by atoms with van der Waals surface area (Å²) in [6.45, 7) is 0. The number of aromatic amines is 2. The Morgan fingerprint density at radius 1 is 1.00 bits per heavy atom. The first-order valence-electron chi connectivity index (χ1n) is 7.16. The van der Waals surface area contributed by atoms with Gasteiger partial charge in [0.05, 0.1) is 23.9 Å². The maximum Gasteiger partial charge on any atom is 0.158 e. The molecule has 4 aromatic rings. The van der Waals surface area contributed by atoms with Crippen LogP contribution in [0.25, 0.3) is 34.0 Å². The topological polar surface area (TPSA) is 95.2 Å². The van der Waals surface area contributed by atoms with Crippen molar-refractivity contribution in [2.24, 2.45) is 0 Å². The van der Waals surface area contributed by atoms with Gasteiger partial charge in [-0.15, -0.1) is 0 Å². The highest BCUT2D eigenvalue weighted by Crippen LogP contribution is 2.42. The molecule has 0 amide bonds. The van der Waals surface area contributed by atoms with E-state index in [0.29, 0.717) is 0 Å². The van der Waals surface area contributed by atoms with Crippen LogP contribution in [0.3, 0.4) is 0 Å². The minimum absolute atomic E-state index is 0.718. The fourth-order valence-electron chi connectivity index (χ4n) is 2.81. The van der Waals surface area contributed by atoms with Crippen molar-refractivity contribution in [3.63, 3.8) is 0 Å². The Kier molecular flexibility index (Phi) is 2.37. The third-order valence-electron chi connectivity index (χ3n) is 3.85. The molecule has 0 saturated carbocycles. The molecule has 7 nitrogen and oxygen atoms in total. The van der Waals surface area contributed by atoms with Crippen molar-refractivity contribution in [3.05, 3.63) is 49.3 Å². The Hall–Kier alpha value is -3.48. The van der Waals surface area contributed by atoms with Gasteiger partial charge in [-0.2, -0.15) is 0 Å². The summed E-state index contributed by atoms with van der Waals surface area (Å²) in [5.74, 6) is 1.48. The van der Waals surface area contributed by atoms with E-state index in [9.17, 15) is 0 Å². The summed E-state index contributed by atoms with van der Waals surface area (Å²) in [7, 11) is 0. The predicted molar refractivity (Wildman–Crippen MR) is 85.9 cm³/mol. The SMILES string of the molecule is c1cnc2c(c1)-c1nc(-c3c[nH]cn3)[nH]c1-c1ccncc1N2. The number of nitrogens with one attached hydrogen (secondary N) is 3. The van der Waals surface area contributed by atoms with E-state index < -0.39 is 0 Å². The molecule has 3 N–H and O–H groups in total. The van der Waals surface area contributed by atoms with Crippen LogP contribution in [0.5, 0.6) is 0 Å². The van der Waals surface area contributed by atoms with Crippen molar-refractivity contribution < 1.29 is 0 Å². The van der Waals surface area contributed by atoms with Gasteiger partial charge in [-0.3, -0.25) is 4.98 Å². The van der Waals surface area contributed by atoms with E-state index in [4.69, 9.17) is 4.98 Å². The highest BCUT2D eigenvalue weighted by atomic mass is 15.0. The Morgan fingerprint density at radius 2 is 2.00 bits per heavy atom. The van der Waals surface area contributed by atoms with Crippen molar-refractivity contribution in [2.45, 2.75) is 0 Å². The predicted octanol–water partition coefficient (Wildman–Crippen LogP) is 2.98. The van der Waals surface area contributed by atoms with Crippen LogP contribution in [0.2, 0.25) is 0 Å². The molecule has 0 saturated heterocycles. The lowest BCUT2D eigenvalue weighted by molar-refractivity contribution is 1.24. The third kappa shape index (κ3) is 1.76. The number of hydrogen-bond donors (Lipinski definition) is 3. The van der Waals surface area contributed by atoms with E-state index in [1.807, 2.05) is 24.4 Å². The summed E-state index contributed by atoms with van der Waals surface area (Å²) in [5.41, 5.74) is 5.39. The minimum atomic E-state index is 0.718. The zero-order chi connectivity index (χ0) is 15.2. The van der Waals surface area contributed by atoms with E-state index in [0.717, 1.165) is 45.5 Å². The summed E-state index contributed by atoms with van der Waals surface area (Å²) < 4.78 is 0. The summed E-state index contributed by atoms with van der Waals surface area (Å²) >= 11 is 0. The molecule has 1 aliphatic heterocycles. The first kappa shape index (κ1) is 12.1. The number of anilines is 2. The van der Waals surface area contributed by atoms with Crippen molar-refractivity contribution >= 4 is 11.5 Å². The molecule has 0 radical (unpaired) electrons. The first-order chi connectivity index (χ1) is 11.4. The third-order valence-corrected chi connectivity index (χ3v) is 3.85. The van der Waals surface area contributed by atoms with Crippen LogP contribution >= 0.6 is 0 Å². The lowest BCUT2D eigenvalue weighted by Crippen LogP contribution is -1.95. The van der Waals surface area contributed by atoms with E-state index in [2.05, 4.69) is 30.2 Å². The fourth-order valence-corrected chi connectivity index (χ4v) is 2.81. The minimum Gasteiger partial charge on any atom is -0.350 e. The van der Waals surface area contributed by atoms with E-state index in [-0.39, 0.29) is 0 Å². The summed E-state index contributed by atoms with van der Waals surface area (Å²) in [4.78, 5) is 24.0. The normalized spacial score (nSPS) is 11.8. The van der Waals surface area contributed by atoms with Gasteiger partial charge in [-0.05, 0) is 18.2 Å². The second-order valence-electron chi connectivity index (χ2n) is 5.21. The Morgan fingerprint density at radius 3 is 2.91 bits per heavy atom. The van der Waals surface area contributed by atoms with Crippen LogP contribution < -0.4 is 5.32 Å². The number of pyridine rings is 2. The molecule has 0 bridgehead atoms. The molecule has 0 aromatic carbocycles. The van der Waals surface area contributed by atoms with Crippen LogP contribution in [-0.2, 0) is 0 Å². The monoisotopic (exact) mass is 301 g/mol. The van der Waals surface area contributed by atoms with Crippen molar-refractivity contribution in [2.75, 3.05) is 5.32 Å². The standard InChI is InChI=1S/C16H11N7/c1-2-10-14-13(22-16(23-14)12-7-18-8-20-12)9-3-5-17-6-11(9)21-15(10)19-4-1/h1-8H,(H,18,20)(H,19,21)(H,22,23). The van der Waals surface area contributed by atoms with Crippen molar-refractivity contribution in [1.29, 1.82) is 0 Å². The van der Waals surface area contributed by atoms with Gasteiger partial charge in [0.2, 0.25) is 0 Å². The van der Waals surface area contributed by atoms with Gasteiger partial charge in [0.15, 0.2) is 5.82 Å². The highest BCUT2D eigenvalue weighted by Gasteiger charge is 2.24. The second kappa shape index (κ2) is 4.51. The molecule has 5 rings (SSSR count). The number of H-pyrrole nitrogens is 2. The van der Waals surface area contributed by atoms with Gasteiger partial charge in [-0.1, -0.05) is 0 Å². The Balaban J connectivity index is 1.84. The van der Waals surface area contributed by atoms with Gasteiger partial charge in [-0.25, -0.2) is 15.0 Å². The Labute approximate surface area is 130 Å². The number of hydrogen-bond acceptors (Lipinski definition) is 5. The highest BCUT2D eigenvalue weighted by molar-refractivity contribution is 5.95. The van der Waals surface area contributed by atoms with Gasteiger partial charge >= 0.3 is 0 Å². The molecule has 0 unspecified atom stereocenters. The average Bonchev–Trinajstić information content (AvgIpc) is 3.23. The van der Waals surface area contributed by atoms with E-state index >= 15 is 0 Å². The molecule has 23 heavy (non-hydrogen) atoms. The number of imidazole rings is 2. The van der Waals surface area contributed by atoms with Gasteiger partial charge in [0, 0.05) is 29.7 Å². The lowest BCUT2D eigenvalue weighted by atomic mass is 10.1. The largest absolute Gasteiger partial charge is 0.350 e. The average molecular weight is 301 g/mol. The summed E-state index contributed by atoms with van der Waals surface area (Å²) in [5, 5.41) is 3.33. The number of rotatable bonds is 1. The molecule has 1 aliphatic rings. The van der Waals surface area contributed by atoms with Crippen LogP contribution in [0.15, 0.2) is 49.3 Å². The number of aromatic nitrogens is 6. The first-order valence-corrected chi connectivity index (χ1v) is 7.16. The number of nitrogens with zero attached hydrogens (tertiary/aromatic N) is 4. The lowest BCUT2D eigenvalue weighted by Gasteiger charge is -2.07. The van der Waals surface area contributed by atoms with E-state index in [1.54, 1.807) is 24.9 Å². The van der Waals surface area contributed by atoms with Crippen molar-refractivity contribution in [3.8, 4) is 34.0 Å². The quantitative estimate of drug-likeness (QED) is 0.442. The molecule has 4 aromatic heterocycles. The van der Waals surface area contributed by atoms with Crippen LogP contribution in [-0.4, -0.2) is 29.9 Å². The molecule has 0 fully saturated rings. The molecule has 0 atom stereocenters. The zero-order valence-electron chi connectivity index (χ0n) is 11.9. The van der Waals surface area contributed by atoms with Crippen LogP contribution in [0.1, 0.15) is 0 Å². The van der Waals surface area contributed by atoms with Gasteiger partial charge < -0.3 is 15.3 Å².